The van der Waals surface area contributed by atoms with Crippen LogP contribution < -0.4 is 22.8 Å². The summed E-state index contributed by atoms with van der Waals surface area (Å²) in [4.78, 5) is 44.8. The highest BCUT2D eigenvalue weighted by atomic mass is 16.5. The predicted octanol–water partition coefficient (Wildman–Crippen LogP) is -0.791. The van der Waals surface area contributed by atoms with E-state index >= 15 is 0 Å². The van der Waals surface area contributed by atoms with Gasteiger partial charge in [-0.2, -0.15) is 4.98 Å². The highest BCUT2D eigenvalue weighted by Crippen LogP contribution is 2.21. The van der Waals surface area contributed by atoms with Crippen molar-refractivity contribution in [2.24, 2.45) is 11.5 Å². The Morgan fingerprint density at radius 3 is 2.23 bits per heavy atom. The number of rotatable bonds is 11. The first kappa shape index (κ1) is 23.3. The molecule has 2 heterocycles. The van der Waals surface area contributed by atoms with E-state index in [2.05, 4.69) is 15.0 Å². The van der Waals surface area contributed by atoms with E-state index < -0.39 is 34.7 Å². The highest BCUT2D eigenvalue weighted by Gasteiger charge is 2.32. The lowest BCUT2D eigenvalue weighted by Gasteiger charge is -2.26. The van der Waals surface area contributed by atoms with Crippen molar-refractivity contribution in [3.8, 4) is 0 Å². The van der Waals surface area contributed by atoms with Crippen molar-refractivity contribution < 1.29 is 24.5 Å². The summed E-state index contributed by atoms with van der Waals surface area (Å²) in [5.74, 6) is -2.39. The van der Waals surface area contributed by atoms with E-state index in [1.807, 2.05) is 0 Å². The first-order valence-electron chi connectivity index (χ1n) is 9.20. The smallest absolute Gasteiger partial charge is 0.323 e. The van der Waals surface area contributed by atoms with Gasteiger partial charge in [0.25, 0.3) is 5.56 Å². The molecule has 0 amide bonds. The zero-order valence-corrected chi connectivity index (χ0v) is 16.8. The number of nitrogens with one attached hydrogen (secondary N) is 1. The molecule has 0 fully saturated rings. The van der Waals surface area contributed by atoms with Gasteiger partial charge < -0.3 is 32.2 Å². The number of aromatic amines is 1. The molecular formula is C17H27N7O6. The Kier molecular flexibility index (Phi) is 6.80. The van der Waals surface area contributed by atoms with Crippen LogP contribution in [-0.2, 0) is 21.1 Å². The largest absolute Gasteiger partial charge is 0.480 e. The highest BCUT2D eigenvalue weighted by molar-refractivity contribution is 5.78. The van der Waals surface area contributed by atoms with Crippen molar-refractivity contribution in [1.82, 2.24) is 19.5 Å². The van der Waals surface area contributed by atoms with Crippen molar-refractivity contribution in [2.45, 2.75) is 63.4 Å². The summed E-state index contributed by atoms with van der Waals surface area (Å²) in [6.45, 7) is 2.71. The standard InChI is InChI=1S/C17H27N7O6/c1-16(19,13(26)27)5-3-9(4-6-17(2,20)14(28)29)30-8-24-7-21-10-11(24)22-15(18)23-12(10)25/h7,9H,3-6,8,19-20H2,1-2H3,(H,26,27)(H,28,29)(H3,18,22,23,25). The molecule has 0 spiro atoms. The Hall–Kier alpha value is -3.03. The van der Waals surface area contributed by atoms with Gasteiger partial charge in [0.15, 0.2) is 11.2 Å². The van der Waals surface area contributed by atoms with E-state index in [9.17, 15) is 24.6 Å². The molecule has 0 aliphatic heterocycles. The third-order valence-corrected chi connectivity index (χ3v) is 4.89. The Balaban J connectivity index is 2.15. The van der Waals surface area contributed by atoms with E-state index in [0.29, 0.717) is 0 Å². The molecule has 2 rings (SSSR count). The third kappa shape index (κ3) is 5.52. The van der Waals surface area contributed by atoms with E-state index in [4.69, 9.17) is 21.9 Å². The van der Waals surface area contributed by atoms with Crippen LogP contribution in [0.25, 0.3) is 11.2 Å². The van der Waals surface area contributed by atoms with Crippen LogP contribution in [-0.4, -0.2) is 58.9 Å². The lowest BCUT2D eigenvalue weighted by atomic mass is 9.90. The van der Waals surface area contributed by atoms with Crippen LogP contribution in [0.3, 0.4) is 0 Å². The monoisotopic (exact) mass is 425 g/mol. The number of imidazole rings is 1. The Bertz CT molecular complexity index is 951. The summed E-state index contributed by atoms with van der Waals surface area (Å²) in [6.07, 6.45) is 1.49. The summed E-state index contributed by atoms with van der Waals surface area (Å²) >= 11 is 0. The van der Waals surface area contributed by atoms with Gasteiger partial charge in [0.05, 0.1) is 12.4 Å². The lowest BCUT2D eigenvalue weighted by molar-refractivity contribution is -0.143. The summed E-state index contributed by atoms with van der Waals surface area (Å²) in [7, 11) is 0. The van der Waals surface area contributed by atoms with E-state index in [0.717, 1.165) is 0 Å². The zero-order chi connectivity index (χ0) is 22.7. The minimum Gasteiger partial charge on any atom is -0.480 e. The zero-order valence-electron chi connectivity index (χ0n) is 16.8. The number of anilines is 1. The molecule has 0 aromatic carbocycles. The number of aliphatic carboxylic acids is 2. The number of fused-ring (bicyclic) bond motifs is 1. The minimum absolute atomic E-state index is 0.0697. The van der Waals surface area contributed by atoms with Gasteiger partial charge in [-0.15, -0.1) is 0 Å². The fraction of sp³-hybridized carbons (Fsp3) is 0.588. The molecule has 2 aromatic heterocycles. The number of nitrogens with zero attached hydrogens (tertiary/aromatic N) is 3. The number of ether oxygens (including phenoxy) is 1. The Labute approximate surface area is 171 Å². The lowest BCUT2D eigenvalue weighted by Crippen LogP contribution is -2.46. The number of aromatic nitrogens is 4. The van der Waals surface area contributed by atoms with Crippen molar-refractivity contribution >= 4 is 29.1 Å². The van der Waals surface area contributed by atoms with Gasteiger partial charge in [0, 0.05) is 0 Å². The van der Waals surface area contributed by atoms with Gasteiger partial charge in [0.1, 0.15) is 17.8 Å². The van der Waals surface area contributed by atoms with Crippen LogP contribution in [0, 0.1) is 0 Å². The summed E-state index contributed by atoms with van der Waals surface area (Å²) in [5, 5.41) is 18.4. The second-order valence-electron chi connectivity index (χ2n) is 7.78. The van der Waals surface area contributed by atoms with Crippen LogP contribution in [0.1, 0.15) is 39.5 Å². The normalized spacial score (nSPS) is 16.7. The molecule has 0 aliphatic rings. The average Bonchev–Trinajstić information content (AvgIpc) is 3.03. The summed E-state index contributed by atoms with van der Waals surface area (Å²) in [5.41, 5.74) is 14.0. The molecule has 0 radical (unpaired) electrons. The molecule has 0 saturated carbocycles. The van der Waals surface area contributed by atoms with E-state index in [1.165, 1.54) is 24.7 Å². The molecule has 13 nitrogen and oxygen atoms in total. The first-order valence-corrected chi connectivity index (χ1v) is 9.20. The van der Waals surface area contributed by atoms with Crippen molar-refractivity contribution in [1.29, 1.82) is 0 Å². The molecule has 9 N–H and O–H groups in total. The molecule has 2 aromatic rings. The molecule has 0 bridgehead atoms. The van der Waals surface area contributed by atoms with Crippen LogP contribution in [0.5, 0.6) is 0 Å². The Morgan fingerprint density at radius 2 is 1.73 bits per heavy atom. The minimum atomic E-state index is -1.47. The molecular weight excluding hydrogens is 398 g/mol. The molecule has 30 heavy (non-hydrogen) atoms. The second kappa shape index (κ2) is 8.77. The first-order chi connectivity index (χ1) is 13.8. The maximum Gasteiger partial charge on any atom is 0.323 e. The van der Waals surface area contributed by atoms with Crippen LogP contribution in [0.4, 0.5) is 5.95 Å². The Morgan fingerprint density at radius 1 is 1.20 bits per heavy atom. The molecule has 2 atom stereocenters. The number of nitrogens with two attached hydrogens (primary N) is 3. The molecule has 166 valence electrons. The fourth-order valence-electron chi connectivity index (χ4n) is 2.70. The topological polar surface area (TPSA) is 225 Å². The number of carbonyl (C=O) groups is 2. The van der Waals surface area contributed by atoms with Gasteiger partial charge in [-0.05, 0) is 39.5 Å². The van der Waals surface area contributed by atoms with Crippen molar-refractivity contribution in [3.63, 3.8) is 0 Å². The SMILES string of the molecule is CC(N)(CCC(CCC(C)(N)C(=O)O)OCn1cnc2c(=O)[nH]c(N)nc21)C(=O)O. The maximum atomic E-state index is 11.9. The van der Waals surface area contributed by atoms with Gasteiger partial charge >= 0.3 is 11.9 Å². The number of hydrogen-bond donors (Lipinski definition) is 6. The molecule has 0 aliphatic carbocycles. The van der Waals surface area contributed by atoms with Crippen LogP contribution in [0.2, 0.25) is 0 Å². The van der Waals surface area contributed by atoms with E-state index in [-0.39, 0.29) is 49.5 Å². The van der Waals surface area contributed by atoms with Gasteiger partial charge in [-0.1, -0.05) is 0 Å². The van der Waals surface area contributed by atoms with Gasteiger partial charge in [0.2, 0.25) is 5.95 Å². The number of hydrogen-bond acceptors (Lipinski definition) is 9. The van der Waals surface area contributed by atoms with Gasteiger partial charge in [-0.3, -0.25) is 23.9 Å². The number of H-pyrrole nitrogens is 1. The van der Waals surface area contributed by atoms with Crippen molar-refractivity contribution in [3.05, 3.63) is 16.7 Å². The molecule has 0 saturated heterocycles. The number of nitrogen functional groups attached to an aromatic ring is 1. The second-order valence-corrected chi connectivity index (χ2v) is 7.78. The summed E-state index contributed by atoms with van der Waals surface area (Å²) in [6, 6.07) is 0. The molecule has 13 heteroatoms. The number of carboxylic acids is 2. The third-order valence-electron chi connectivity index (χ3n) is 4.89. The maximum absolute atomic E-state index is 11.9. The quantitative estimate of drug-likeness (QED) is 0.261. The van der Waals surface area contributed by atoms with Crippen molar-refractivity contribution in [2.75, 3.05) is 5.73 Å². The summed E-state index contributed by atoms with van der Waals surface area (Å²) < 4.78 is 7.32. The van der Waals surface area contributed by atoms with Crippen LogP contribution >= 0.6 is 0 Å². The van der Waals surface area contributed by atoms with E-state index in [1.54, 1.807) is 0 Å². The van der Waals surface area contributed by atoms with Crippen LogP contribution in [0.15, 0.2) is 11.1 Å². The predicted molar refractivity (Wildman–Crippen MR) is 106 cm³/mol. The number of carboxylic acid groups (broad SMARTS) is 2. The average molecular weight is 425 g/mol. The fourth-order valence-corrected chi connectivity index (χ4v) is 2.70. The van der Waals surface area contributed by atoms with Gasteiger partial charge in [-0.25, -0.2) is 4.98 Å². The molecule has 2 unspecified atom stereocenters.